The number of rotatable bonds is 5. The van der Waals surface area contributed by atoms with E-state index in [0.717, 1.165) is 0 Å². The van der Waals surface area contributed by atoms with E-state index in [4.69, 9.17) is 27.9 Å². The summed E-state index contributed by atoms with van der Waals surface area (Å²) in [4.78, 5) is 23.8. The third-order valence-corrected chi connectivity index (χ3v) is 7.69. The Morgan fingerprint density at radius 3 is 2.27 bits per heavy atom. The van der Waals surface area contributed by atoms with Gasteiger partial charge < -0.3 is 9.47 Å². The van der Waals surface area contributed by atoms with E-state index < -0.39 is 27.9 Å². The van der Waals surface area contributed by atoms with Gasteiger partial charge in [0.2, 0.25) is 10.0 Å². The van der Waals surface area contributed by atoms with Crippen LogP contribution in [0, 0.1) is 5.92 Å². The summed E-state index contributed by atoms with van der Waals surface area (Å²) in [5.41, 5.74) is 0.343. The highest BCUT2D eigenvalue weighted by molar-refractivity contribution is 7.89. The average molecular weight is 472 g/mol. The number of nitrogens with zero attached hydrogens (tertiary/aromatic N) is 1. The SMILES string of the molecule is COC(=O)c1ccc(OC(=O)C2CCN(S(=O)(=O)c3cccc(Cl)c3Cl)CC2)cc1. The number of methoxy groups -OCH3 is 1. The highest BCUT2D eigenvalue weighted by atomic mass is 35.5. The molecule has 10 heteroatoms. The number of sulfonamides is 1. The van der Waals surface area contributed by atoms with E-state index >= 15 is 0 Å². The third-order valence-electron chi connectivity index (χ3n) is 4.82. The quantitative estimate of drug-likeness (QED) is 0.486. The van der Waals surface area contributed by atoms with Crippen molar-refractivity contribution >= 4 is 45.2 Å². The standard InChI is InChI=1S/C20H19Cl2NO6S/c1-28-19(24)13-5-7-15(8-6-13)29-20(25)14-9-11-23(12-10-14)30(26,27)17-4-2-3-16(21)18(17)22/h2-8,14H,9-12H2,1H3. The Balaban J connectivity index is 1.61. The predicted octanol–water partition coefficient (Wildman–Crippen LogP) is 3.79. The van der Waals surface area contributed by atoms with Crippen LogP contribution in [0.2, 0.25) is 10.0 Å². The van der Waals surface area contributed by atoms with Crippen LogP contribution in [0.4, 0.5) is 0 Å². The van der Waals surface area contributed by atoms with E-state index in [0.29, 0.717) is 24.2 Å². The second kappa shape index (κ2) is 9.34. The van der Waals surface area contributed by atoms with Crippen LogP contribution >= 0.6 is 23.2 Å². The molecule has 7 nitrogen and oxygen atoms in total. The van der Waals surface area contributed by atoms with Crippen molar-refractivity contribution in [2.45, 2.75) is 17.7 Å². The summed E-state index contributed by atoms with van der Waals surface area (Å²) in [6.07, 6.45) is 0.632. The van der Waals surface area contributed by atoms with Gasteiger partial charge in [0.15, 0.2) is 0 Å². The Morgan fingerprint density at radius 1 is 1.03 bits per heavy atom. The Hall–Kier alpha value is -2.13. The van der Waals surface area contributed by atoms with Crippen molar-refractivity contribution in [3.63, 3.8) is 0 Å². The van der Waals surface area contributed by atoms with E-state index in [-0.39, 0.29) is 28.0 Å². The van der Waals surface area contributed by atoms with Crippen molar-refractivity contribution in [3.8, 4) is 5.75 Å². The molecule has 30 heavy (non-hydrogen) atoms. The first-order valence-corrected chi connectivity index (χ1v) is 11.3. The maximum Gasteiger partial charge on any atom is 0.337 e. The fraction of sp³-hybridized carbons (Fsp3) is 0.300. The van der Waals surface area contributed by atoms with Crippen LogP contribution in [-0.2, 0) is 19.6 Å². The minimum atomic E-state index is -3.82. The molecule has 0 amide bonds. The monoisotopic (exact) mass is 471 g/mol. The Labute approximate surface area is 184 Å². The van der Waals surface area contributed by atoms with Crippen molar-refractivity contribution in [2.24, 2.45) is 5.92 Å². The molecule has 0 radical (unpaired) electrons. The second-order valence-corrected chi connectivity index (χ2v) is 9.36. The van der Waals surface area contributed by atoms with Gasteiger partial charge in [0.1, 0.15) is 10.6 Å². The average Bonchev–Trinajstić information content (AvgIpc) is 2.75. The van der Waals surface area contributed by atoms with Gasteiger partial charge in [-0.3, -0.25) is 4.79 Å². The fourth-order valence-electron chi connectivity index (χ4n) is 3.13. The number of esters is 2. The molecular formula is C20H19Cl2NO6S. The zero-order chi connectivity index (χ0) is 21.9. The van der Waals surface area contributed by atoms with Gasteiger partial charge in [-0.25, -0.2) is 13.2 Å². The molecule has 1 aliphatic rings. The molecule has 2 aromatic rings. The summed E-state index contributed by atoms with van der Waals surface area (Å²) in [5.74, 6) is -1.07. The zero-order valence-electron chi connectivity index (χ0n) is 16.0. The normalized spacial score (nSPS) is 15.6. The molecule has 1 fully saturated rings. The van der Waals surface area contributed by atoms with Crippen LogP contribution in [0.5, 0.6) is 5.75 Å². The van der Waals surface area contributed by atoms with Crippen LogP contribution in [0.15, 0.2) is 47.4 Å². The molecule has 0 aliphatic carbocycles. The molecular weight excluding hydrogens is 453 g/mol. The van der Waals surface area contributed by atoms with Crippen LogP contribution in [0.25, 0.3) is 0 Å². The molecule has 0 N–H and O–H groups in total. The van der Waals surface area contributed by atoms with Crippen LogP contribution in [0.3, 0.4) is 0 Å². The number of halogens is 2. The maximum atomic E-state index is 12.9. The number of benzene rings is 2. The molecule has 0 bridgehead atoms. The smallest absolute Gasteiger partial charge is 0.337 e. The van der Waals surface area contributed by atoms with Crippen molar-refractivity contribution < 1.29 is 27.5 Å². The topological polar surface area (TPSA) is 90.0 Å². The molecule has 0 saturated carbocycles. The van der Waals surface area contributed by atoms with Gasteiger partial charge in [-0.15, -0.1) is 0 Å². The Kier molecular flexibility index (Phi) is 7.02. The van der Waals surface area contributed by atoms with E-state index in [1.807, 2.05) is 0 Å². The summed E-state index contributed by atoms with van der Waals surface area (Å²) in [6.45, 7) is 0.318. The highest BCUT2D eigenvalue weighted by Crippen LogP contribution is 2.33. The molecule has 1 heterocycles. The van der Waals surface area contributed by atoms with Crippen molar-refractivity contribution in [1.29, 1.82) is 0 Å². The molecule has 0 atom stereocenters. The molecule has 0 spiro atoms. The first-order chi connectivity index (χ1) is 14.2. The fourth-order valence-corrected chi connectivity index (χ4v) is 5.34. The zero-order valence-corrected chi connectivity index (χ0v) is 18.3. The number of hydrogen-bond donors (Lipinski definition) is 0. The Morgan fingerprint density at radius 2 is 1.67 bits per heavy atom. The highest BCUT2D eigenvalue weighted by Gasteiger charge is 2.34. The van der Waals surface area contributed by atoms with E-state index in [1.165, 1.54) is 53.9 Å². The lowest BCUT2D eigenvalue weighted by molar-refractivity contribution is -0.140. The molecule has 2 aromatic carbocycles. The minimum Gasteiger partial charge on any atom is -0.465 e. The lowest BCUT2D eigenvalue weighted by atomic mass is 9.98. The van der Waals surface area contributed by atoms with Crippen LogP contribution < -0.4 is 4.74 Å². The molecule has 0 unspecified atom stereocenters. The van der Waals surface area contributed by atoms with E-state index in [1.54, 1.807) is 0 Å². The summed E-state index contributed by atoms with van der Waals surface area (Å²) in [6, 6.07) is 10.5. The van der Waals surface area contributed by atoms with Crippen molar-refractivity contribution in [1.82, 2.24) is 4.31 Å². The first kappa shape index (κ1) is 22.6. The van der Waals surface area contributed by atoms with Gasteiger partial charge in [-0.05, 0) is 49.2 Å². The summed E-state index contributed by atoms with van der Waals surface area (Å²) >= 11 is 12.0. The third kappa shape index (κ3) is 4.78. The van der Waals surface area contributed by atoms with E-state index in [2.05, 4.69) is 4.74 Å². The van der Waals surface area contributed by atoms with Gasteiger partial charge in [-0.2, -0.15) is 4.31 Å². The number of carbonyl (C=O) groups is 2. The predicted molar refractivity (Wildman–Crippen MR) is 111 cm³/mol. The lowest BCUT2D eigenvalue weighted by Gasteiger charge is -2.30. The number of piperidine rings is 1. The first-order valence-electron chi connectivity index (χ1n) is 9.08. The Bertz CT molecular complexity index is 1050. The minimum absolute atomic E-state index is 0.0175. The van der Waals surface area contributed by atoms with Gasteiger partial charge in [0, 0.05) is 13.1 Å². The maximum absolute atomic E-state index is 12.9. The molecule has 1 aliphatic heterocycles. The summed E-state index contributed by atoms with van der Waals surface area (Å²) in [5, 5.41) is 0.144. The largest absolute Gasteiger partial charge is 0.465 e. The van der Waals surface area contributed by atoms with Gasteiger partial charge in [0.05, 0.1) is 28.6 Å². The molecule has 3 rings (SSSR count). The lowest BCUT2D eigenvalue weighted by Crippen LogP contribution is -2.41. The van der Waals surface area contributed by atoms with Gasteiger partial charge >= 0.3 is 11.9 Å². The molecule has 160 valence electrons. The van der Waals surface area contributed by atoms with Crippen LogP contribution in [-0.4, -0.2) is 44.9 Å². The number of ether oxygens (including phenoxy) is 2. The second-order valence-electron chi connectivity index (χ2n) is 6.67. The van der Waals surface area contributed by atoms with Crippen molar-refractivity contribution in [3.05, 3.63) is 58.1 Å². The molecule has 0 aromatic heterocycles. The van der Waals surface area contributed by atoms with E-state index in [9.17, 15) is 18.0 Å². The number of hydrogen-bond acceptors (Lipinski definition) is 6. The molecule has 1 saturated heterocycles. The number of carbonyl (C=O) groups excluding carboxylic acids is 2. The van der Waals surface area contributed by atoms with Gasteiger partial charge in [-0.1, -0.05) is 29.3 Å². The summed E-state index contributed by atoms with van der Waals surface area (Å²) < 4.78 is 37.0. The van der Waals surface area contributed by atoms with Gasteiger partial charge in [0.25, 0.3) is 0 Å². The summed E-state index contributed by atoms with van der Waals surface area (Å²) in [7, 11) is -2.54. The van der Waals surface area contributed by atoms with Crippen molar-refractivity contribution in [2.75, 3.05) is 20.2 Å². The van der Waals surface area contributed by atoms with Crippen LogP contribution in [0.1, 0.15) is 23.2 Å².